The maximum absolute atomic E-state index is 12.3. The second-order valence-corrected chi connectivity index (χ2v) is 8.62. The molecule has 1 aromatic carbocycles. The van der Waals surface area contributed by atoms with Crippen LogP contribution in [0.25, 0.3) is 0 Å². The van der Waals surface area contributed by atoms with Gasteiger partial charge in [-0.15, -0.1) is 0 Å². The average Bonchev–Trinajstić information content (AvgIpc) is 2.55. The molecule has 6 heteroatoms. The number of carbonyl (C=O) groups is 1. The minimum Gasteiger partial charge on any atom is -0.354 e. The Morgan fingerprint density at radius 2 is 1.92 bits per heavy atom. The van der Waals surface area contributed by atoms with E-state index in [-0.39, 0.29) is 12.5 Å². The standard InChI is InChI=1S/C19H32N2O3S/c1-6-8-11-17(7-2)13-20-19(22)14-21(25(5,23)24)18-12-9-10-15(3)16(18)4/h9-10,12,17H,6-8,11,13-14H2,1-5H3,(H,20,22). The molecule has 1 amide bonds. The molecule has 0 radical (unpaired) electrons. The van der Waals surface area contributed by atoms with Crippen molar-refractivity contribution in [2.75, 3.05) is 23.7 Å². The zero-order chi connectivity index (χ0) is 19.0. The van der Waals surface area contributed by atoms with E-state index in [4.69, 9.17) is 0 Å². The number of amides is 1. The van der Waals surface area contributed by atoms with Crippen molar-refractivity contribution in [2.24, 2.45) is 5.92 Å². The third-order valence-corrected chi connectivity index (χ3v) is 5.79. The van der Waals surface area contributed by atoms with Crippen molar-refractivity contribution in [2.45, 2.75) is 53.4 Å². The fourth-order valence-corrected chi connectivity index (χ4v) is 3.68. The van der Waals surface area contributed by atoms with Crippen LogP contribution in [0, 0.1) is 19.8 Å². The van der Waals surface area contributed by atoms with E-state index in [1.807, 2.05) is 26.0 Å². The van der Waals surface area contributed by atoms with Gasteiger partial charge in [-0.2, -0.15) is 0 Å². The molecule has 5 nitrogen and oxygen atoms in total. The molecule has 142 valence electrons. The number of hydrogen-bond acceptors (Lipinski definition) is 3. The summed E-state index contributed by atoms with van der Waals surface area (Å²) in [6, 6.07) is 5.48. The van der Waals surface area contributed by atoms with Crippen LogP contribution in [-0.4, -0.2) is 33.7 Å². The van der Waals surface area contributed by atoms with Gasteiger partial charge in [-0.3, -0.25) is 9.10 Å². The number of benzene rings is 1. The molecule has 0 saturated heterocycles. The first-order valence-corrected chi connectivity index (χ1v) is 10.9. The van der Waals surface area contributed by atoms with Gasteiger partial charge in [-0.25, -0.2) is 8.42 Å². The summed E-state index contributed by atoms with van der Waals surface area (Å²) in [5, 5.41) is 2.90. The smallest absolute Gasteiger partial charge is 0.240 e. The van der Waals surface area contributed by atoms with Gasteiger partial charge in [-0.05, 0) is 43.4 Å². The summed E-state index contributed by atoms with van der Waals surface area (Å²) in [4.78, 5) is 12.3. The van der Waals surface area contributed by atoms with Crippen LogP contribution < -0.4 is 9.62 Å². The SMILES string of the molecule is CCCCC(CC)CNC(=O)CN(c1cccc(C)c1C)S(C)(=O)=O. The van der Waals surface area contributed by atoms with Crippen LogP contribution in [0.4, 0.5) is 5.69 Å². The van der Waals surface area contributed by atoms with Gasteiger partial charge >= 0.3 is 0 Å². The van der Waals surface area contributed by atoms with Crippen molar-refractivity contribution in [3.05, 3.63) is 29.3 Å². The van der Waals surface area contributed by atoms with Gasteiger partial charge in [0.2, 0.25) is 15.9 Å². The largest absolute Gasteiger partial charge is 0.354 e. The van der Waals surface area contributed by atoms with E-state index < -0.39 is 10.0 Å². The molecule has 0 heterocycles. The van der Waals surface area contributed by atoms with E-state index in [0.29, 0.717) is 18.2 Å². The Hall–Kier alpha value is -1.56. The number of aryl methyl sites for hydroxylation is 1. The van der Waals surface area contributed by atoms with E-state index >= 15 is 0 Å². The predicted octanol–water partition coefficient (Wildman–Crippen LogP) is 3.40. The summed E-state index contributed by atoms with van der Waals surface area (Å²) in [5.74, 6) is 0.178. The zero-order valence-corrected chi connectivity index (χ0v) is 16.9. The van der Waals surface area contributed by atoms with Crippen molar-refractivity contribution in [3.8, 4) is 0 Å². The van der Waals surface area contributed by atoms with E-state index in [9.17, 15) is 13.2 Å². The van der Waals surface area contributed by atoms with Crippen LogP contribution >= 0.6 is 0 Å². The minimum absolute atomic E-state index is 0.187. The highest BCUT2D eigenvalue weighted by molar-refractivity contribution is 7.92. The summed E-state index contributed by atoms with van der Waals surface area (Å²) < 4.78 is 25.6. The van der Waals surface area contributed by atoms with Gasteiger partial charge in [0, 0.05) is 6.54 Å². The molecule has 0 fully saturated rings. The molecule has 0 aliphatic carbocycles. The first-order valence-electron chi connectivity index (χ1n) is 9.01. The van der Waals surface area contributed by atoms with Gasteiger partial charge in [-0.1, -0.05) is 45.2 Å². The summed E-state index contributed by atoms with van der Waals surface area (Å²) in [6.45, 7) is 8.48. The molecule has 1 atom stereocenters. The van der Waals surface area contributed by atoms with Gasteiger partial charge in [0.1, 0.15) is 6.54 Å². The highest BCUT2D eigenvalue weighted by Crippen LogP contribution is 2.24. The Labute approximate surface area is 152 Å². The number of rotatable bonds is 10. The number of nitrogens with one attached hydrogen (secondary N) is 1. The third-order valence-electron chi connectivity index (χ3n) is 4.66. The lowest BCUT2D eigenvalue weighted by molar-refractivity contribution is -0.119. The maximum Gasteiger partial charge on any atom is 0.240 e. The Morgan fingerprint density at radius 1 is 1.24 bits per heavy atom. The van der Waals surface area contributed by atoms with E-state index in [1.165, 1.54) is 4.31 Å². The minimum atomic E-state index is -3.54. The molecule has 0 aliphatic heterocycles. The topological polar surface area (TPSA) is 66.5 Å². The predicted molar refractivity (Wildman–Crippen MR) is 104 cm³/mol. The van der Waals surface area contributed by atoms with Crippen LogP contribution in [0.15, 0.2) is 18.2 Å². The number of nitrogens with zero attached hydrogens (tertiary/aromatic N) is 1. The second-order valence-electron chi connectivity index (χ2n) is 6.71. The van der Waals surface area contributed by atoms with Crippen LogP contribution in [0.1, 0.15) is 50.7 Å². The molecule has 0 aromatic heterocycles. The van der Waals surface area contributed by atoms with Crippen LogP contribution in [-0.2, 0) is 14.8 Å². The van der Waals surface area contributed by atoms with Crippen molar-refractivity contribution in [1.82, 2.24) is 5.32 Å². The first kappa shape index (κ1) is 21.5. The summed E-state index contributed by atoms with van der Waals surface area (Å²) >= 11 is 0. The molecule has 1 aromatic rings. The lowest BCUT2D eigenvalue weighted by Crippen LogP contribution is -2.42. The molecule has 0 bridgehead atoms. The molecule has 1 unspecified atom stereocenters. The van der Waals surface area contributed by atoms with Crippen LogP contribution in [0.3, 0.4) is 0 Å². The normalized spacial score (nSPS) is 12.7. The van der Waals surface area contributed by atoms with Gasteiger partial charge in [0.15, 0.2) is 0 Å². The first-order chi connectivity index (χ1) is 11.7. The molecule has 1 N–H and O–H groups in total. The molecule has 0 aliphatic rings. The van der Waals surface area contributed by atoms with Gasteiger partial charge < -0.3 is 5.32 Å². The van der Waals surface area contributed by atoms with Gasteiger partial charge in [0.05, 0.1) is 11.9 Å². The zero-order valence-electron chi connectivity index (χ0n) is 16.1. The third kappa shape index (κ3) is 6.69. The molecule has 1 rings (SSSR count). The summed E-state index contributed by atoms with van der Waals surface area (Å²) in [7, 11) is -3.54. The highest BCUT2D eigenvalue weighted by atomic mass is 32.2. The highest BCUT2D eigenvalue weighted by Gasteiger charge is 2.23. The molecule has 25 heavy (non-hydrogen) atoms. The van der Waals surface area contributed by atoms with E-state index in [1.54, 1.807) is 6.07 Å². The number of hydrogen-bond donors (Lipinski definition) is 1. The maximum atomic E-state index is 12.3. The lowest BCUT2D eigenvalue weighted by atomic mass is 9.99. The number of unbranched alkanes of at least 4 members (excludes halogenated alkanes) is 1. The van der Waals surface area contributed by atoms with E-state index in [2.05, 4.69) is 19.2 Å². The van der Waals surface area contributed by atoms with Gasteiger partial charge in [0.25, 0.3) is 0 Å². The molecular formula is C19H32N2O3S. The van der Waals surface area contributed by atoms with Crippen LogP contribution in [0.5, 0.6) is 0 Å². The van der Waals surface area contributed by atoms with Crippen LogP contribution in [0.2, 0.25) is 0 Å². The van der Waals surface area contributed by atoms with E-state index in [0.717, 1.165) is 43.1 Å². The fraction of sp³-hybridized carbons (Fsp3) is 0.632. The van der Waals surface area contributed by atoms with Crippen molar-refractivity contribution in [1.29, 1.82) is 0 Å². The Kier molecular flexibility index (Phi) is 8.42. The number of anilines is 1. The van der Waals surface area contributed by atoms with Crippen molar-refractivity contribution < 1.29 is 13.2 Å². The number of carbonyl (C=O) groups excluding carboxylic acids is 1. The van der Waals surface area contributed by atoms with Crippen molar-refractivity contribution >= 4 is 21.6 Å². The summed E-state index contributed by atoms with van der Waals surface area (Å²) in [6.07, 6.45) is 5.51. The molecule has 0 saturated carbocycles. The second kappa shape index (κ2) is 9.80. The monoisotopic (exact) mass is 368 g/mol. The quantitative estimate of drug-likeness (QED) is 0.688. The molecule has 0 spiro atoms. The number of sulfonamides is 1. The summed E-state index contributed by atoms with van der Waals surface area (Å²) in [5.41, 5.74) is 2.43. The molecular weight excluding hydrogens is 336 g/mol. The Bertz CT molecular complexity index is 671. The average molecular weight is 369 g/mol. The Morgan fingerprint density at radius 3 is 2.48 bits per heavy atom. The Balaban J connectivity index is 2.83. The lowest BCUT2D eigenvalue weighted by Gasteiger charge is -2.25. The fourth-order valence-electron chi connectivity index (χ4n) is 2.77. The van der Waals surface area contributed by atoms with Crippen molar-refractivity contribution in [3.63, 3.8) is 0 Å².